The predicted octanol–water partition coefficient (Wildman–Crippen LogP) is 2.05. The van der Waals surface area contributed by atoms with Crippen molar-refractivity contribution in [3.05, 3.63) is 67.1 Å². The maximum Gasteiger partial charge on any atom is 0.336 e. The van der Waals surface area contributed by atoms with Crippen LogP contribution in [0.1, 0.15) is 5.56 Å². The Hall–Kier alpha value is -3.15. The van der Waals surface area contributed by atoms with Gasteiger partial charge in [-0.3, -0.25) is 4.79 Å². The fraction of sp³-hybridized carbons (Fsp3) is 0.0625. The van der Waals surface area contributed by atoms with E-state index in [1.807, 2.05) is 0 Å². The van der Waals surface area contributed by atoms with Crippen LogP contribution in [0, 0.1) is 6.92 Å². The fourth-order valence-corrected chi connectivity index (χ4v) is 2.75. The van der Waals surface area contributed by atoms with Crippen LogP contribution in [0.2, 0.25) is 0 Å². The Morgan fingerprint density at radius 1 is 0.909 bits per heavy atom. The van der Waals surface area contributed by atoms with Crippen molar-refractivity contribution in [2.75, 3.05) is 0 Å². The van der Waals surface area contributed by atoms with Crippen molar-refractivity contribution in [1.82, 2.24) is 4.98 Å². The van der Waals surface area contributed by atoms with Crippen LogP contribution in [0.3, 0.4) is 0 Å². The van der Waals surface area contributed by atoms with Crippen molar-refractivity contribution in [1.29, 1.82) is 0 Å². The van der Waals surface area contributed by atoms with E-state index in [0.717, 1.165) is 0 Å². The number of benzene rings is 1. The minimum atomic E-state index is -0.536. The van der Waals surface area contributed by atoms with Gasteiger partial charge in [0.15, 0.2) is 5.58 Å². The third kappa shape index (κ3) is 1.64. The lowest BCUT2D eigenvalue weighted by Crippen LogP contribution is -2.11. The Labute approximate surface area is 121 Å². The molecule has 0 aliphatic rings. The van der Waals surface area contributed by atoms with Crippen LogP contribution in [0.5, 0.6) is 0 Å². The Balaban J connectivity index is 2.44. The molecule has 108 valence electrons. The molecule has 4 aromatic rings. The standard InChI is InChI=1S/C16H9NO5/c1-7-6-12(19)22-15-13(7)16(20)17-9-3-4-10-8(14(9)15)2-5-11(18)21-10/h2-6H,1H3,(H,17,20). The Morgan fingerprint density at radius 2 is 1.73 bits per heavy atom. The summed E-state index contributed by atoms with van der Waals surface area (Å²) in [5, 5.41) is 1.44. The smallest absolute Gasteiger partial charge is 0.336 e. The van der Waals surface area contributed by atoms with Crippen molar-refractivity contribution in [3.63, 3.8) is 0 Å². The van der Waals surface area contributed by atoms with Crippen LogP contribution in [-0.4, -0.2) is 4.98 Å². The highest BCUT2D eigenvalue weighted by molar-refractivity contribution is 6.15. The second kappa shape index (κ2) is 4.17. The SMILES string of the molecule is Cc1cc(=O)oc2c1c(=O)[nH]c1ccc3oc(=O)ccc3c12. The molecular weight excluding hydrogens is 286 g/mol. The molecule has 3 heterocycles. The quantitative estimate of drug-likeness (QED) is 0.396. The minimum absolute atomic E-state index is 0.197. The van der Waals surface area contributed by atoms with E-state index in [-0.39, 0.29) is 11.1 Å². The Kier molecular flexibility index (Phi) is 2.39. The van der Waals surface area contributed by atoms with E-state index in [9.17, 15) is 14.4 Å². The van der Waals surface area contributed by atoms with Crippen LogP contribution in [0.25, 0.3) is 32.8 Å². The summed E-state index contributed by atoms with van der Waals surface area (Å²) < 4.78 is 10.4. The van der Waals surface area contributed by atoms with Gasteiger partial charge >= 0.3 is 11.3 Å². The first-order valence-electron chi connectivity index (χ1n) is 6.58. The first-order chi connectivity index (χ1) is 10.5. The normalized spacial score (nSPS) is 11.5. The van der Waals surface area contributed by atoms with E-state index in [1.54, 1.807) is 25.1 Å². The van der Waals surface area contributed by atoms with Gasteiger partial charge in [0.05, 0.1) is 16.3 Å². The number of hydrogen-bond donors (Lipinski definition) is 1. The summed E-state index contributed by atoms with van der Waals surface area (Å²) in [6.07, 6.45) is 0. The molecule has 0 atom stereocenters. The van der Waals surface area contributed by atoms with Gasteiger partial charge in [-0.2, -0.15) is 0 Å². The second-order valence-corrected chi connectivity index (χ2v) is 5.06. The van der Waals surface area contributed by atoms with Crippen molar-refractivity contribution < 1.29 is 8.83 Å². The average molecular weight is 295 g/mol. The van der Waals surface area contributed by atoms with E-state index in [1.165, 1.54) is 12.1 Å². The number of aromatic nitrogens is 1. The molecule has 1 N–H and O–H groups in total. The summed E-state index contributed by atoms with van der Waals surface area (Å²) in [4.78, 5) is 38.0. The average Bonchev–Trinajstić information content (AvgIpc) is 2.45. The topological polar surface area (TPSA) is 93.3 Å². The van der Waals surface area contributed by atoms with Gasteiger partial charge < -0.3 is 13.8 Å². The molecule has 3 aromatic heterocycles. The number of pyridine rings is 1. The molecular formula is C16H9NO5. The number of fused-ring (bicyclic) bond motifs is 5. The largest absolute Gasteiger partial charge is 0.423 e. The van der Waals surface area contributed by atoms with Crippen molar-refractivity contribution in [3.8, 4) is 0 Å². The van der Waals surface area contributed by atoms with Gasteiger partial charge in [0.25, 0.3) is 5.56 Å². The molecule has 0 saturated heterocycles. The molecule has 0 bridgehead atoms. The van der Waals surface area contributed by atoms with E-state index in [4.69, 9.17) is 8.83 Å². The number of aromatic amines is 1. The molecule has 0 saturated carbocycles. The Bertz CT molecular complexity index is 1240. The lowest BCUT2D eigenvalue weighted by molar-refractivity contribution is 0.559. The van der Waals surface area contributed by atoms with Gasteiger partial charge in [0, 0.05) is 17.5 Å². The lowest BCUT2D eigenvalue weighted by atomic mass is 10.1. The molecule has 0 unspecified atom stereocenters. The van der Waals surface area contributed by atoms with Gasteiger partial charge in [-0.1, -0.05) is 0 Å². The van der Waals surface area contributed by atoms with Gasteiger partial charge in [-0.05, 0) is 30.7 Å². The van der Waals surface area contributed by atoms with Crippen molar-refractivity contribution >= 4 is 32.8 Å². The summed E-state index contributed by atoms with van der Waals surface area (Å²) in [5.41, 5.74) is 0.252. The van der Waals surface area contributed by atoms with Crippen LogP contribution in [-0.2, 0) is 0 Å². The number of nitrogens with one attached hydrogen (secondary N) is 1. The number of rotatable bonds is 0. The highest BCUT2D eigenvalue weighted by atomic mass is 16.4. The number of H-pyrrole nitrogens is 1. The highest BCUT2D eigenvalue weighted by Crippen LogP contribution is 2.28. The molecule has 6 nitrogen and oxygen atoms in total. The molecule has 4 rings (SSSR count). The zero-order valence-electron chi connectivity index (χ0n) is 11.4. The van der Waals surface area contributed by atoms with Gasteiger partial charge in [0.2, 0.25) is 0 Å². The summed E-state index contributed by atoms with van der Waals surface area (Å²) in [7, 11) is 0. The minimum Gasteiger partial charge on any atom is -0.423 e. The van der Waals surface area contributed by atoms with E-state index < -0.39 is 11.3 Å². The monoisotopic (exact) mass is 295 g/mol. The van der Waals surface area contributed by atoms with E-state index >= 15 is 0 Å². The molecule has 0 aliphatic heterocycles. The van der Waals surface area contributed by atoms with Crippen molar-refractivity contribution in [2.24, 2.45) is 0 Å². The third-order valence-electron chi connectivity index (χ3n) is 3.66. The van der Waals surface area contributed by atoms with Gasteiger partial charge in [-0.15, -0.1) is 0 Å². The van der Waals surface area contributed by atoms with Crippen molar-refractivity contribution in [2.45, 2.75) is 6.92 Å². The summed E-state index contributed by atoms with van der Waals surface area (Å²) in [5.74, 6) is 0. The van der Waals surface area contributed by atoms with Gasteiger partial charge in [-0.25, -0.2) is 9.59 Å². The maximum atomic E-state index is 12.2. The second-order valence-electron chi connectivity index (χ2n) is 5.06. The highest BCUT2D eigenvalue weighted by Gasteiger charge is 2.14. The first-order valence-corrected chi connectivity index (χ1v) is 6.58. The summed E-state index contributed by atoms with van der Waals surface area (Å²) >= 11 is 0. The number of hydrogen-bond acceptors (Lipinski definition) is 5. The molecule has 0 fully saturated rings. The summed E-state index contributed by atoms with van der Waals surface area (Å²) in [6, 6.07) is 7.35. The first kappa shape index (κ1) is 12.6. The molecule has 1 aromatic carbocycles. The predicted molar refractivity (Wildman–Crippen MR) is 81.4 cm³/mol. The molecule has 0 spiro atoms. The Morgan fingerprint density at radius 3 is 2.55 bits per heavy atom. The fourth-order valence-electron chi connectivity index (χ4n) is 2.75. The van der Waals surface area contributed by atoms with Crippen LogP contribution < -0.4 is 16.8 Å². The van der Waals surface area contributed by atoms with Crippen LogP contribution in [0.4, 0.5) is 0 Å². The maximum absolute atomic E-state index is 12.2. The molecule has 0 radical (unpaired) electrons. The lowest BCUT2D eigenvalue weighted by Gasteiger charge is -2.06. The zero-order valence-corrected chi connectivity index (χ0v) is 11.4. The molecule has 6 heteroatoms. The number of aryl methyl sites for hydroxylation is 1. The van der Waals surface area contributed by atoms with Crippen LogP contribution in [0.15, 0.2) is 53.5 Å². The molecule has 22 heavy (non-hydrogen) atoms. The van der Waals surface area contributed by atoms with Crippen LogP contribution >= 0.6 is 0 Å². The van der Waals surface area contributed by atoms with Gasteiger partial charge in [0.1, 0.15) is 5.58 Å². The zero-order chi connectivity index (χ0) is 15.4. The summed E-state index contributed by atoms with van der Waals surface area (Å²) in [6.45, 7) is 1.67. The molecule has 0 aliphatic carbocycles. The van der Waals surface area contributed by atoms with E-state index in [0.29, 0.717) is 32.8 Å². The molecule has 0 amide bonds. The van der Waals surface area contributed by atoms with E-state index in [2.05, 4.69) is 4.98 Å². The third-order valence-corrected chi connectivity index (χ3v) is 3.66.